The van der Waals surface area contributed by atoms with E-state index in [4.69, 9.17) is 5.11 Å². The Morgan fingerprint density at radius 2 is 2.21 bits per heavy atom. The maximum atomic E-state index is 10.5. The highest BCUT2D eigenvalue weighted by molar-refractivity contribution is 5.64. The number of amides is 1. The van der Waals surface area contributed by atoms with Gasteiger partial charge in [-0.15, -0.1) is 0 Å². The standard InChI is InChI=1S/C10H18N2O2/c13-10(14)11-9-2-1-5-12(7-9)6-8-3-4-8/h8-9,11H,1-7H2,(H,13,14). The molecule has 2 aliphatic rings. The fourth-order valence-corrected chi connectivity index (χ4v) is 2.18. The monoisotopic (exact) mass is 198 g/mol. The molecule has 1 saturated carbocycles. The van der Waals surface area contributed by atoms with Crippen LogP contribution in [0.25, 0.3) is 0 Å². The number of hydrogen-bond acceptors (Lipinski definition) is 2. The van der Waals surface area contributed by atoms with Crippen molar-refractivity contribution < 1.29 is 9.90 Å². The Bertz CT molecular complexity index is 216. The first-order valence-corrected chi connectivity index (χ1v) is 5.46. The Labute approximate surface area is 84.3 Å². The predicted octanol–water partition coefficient (Wildman–Crippen LogP) is 1.13. The fourth-order valence-electron chi connectivity index (χ4n) is 2.18. The van der Waals surface area contributed by atoms with Gasteiger partial charge in [-0.05, 0) is 38.1 Å². The molecule has 1 amide bonds. The Balaban J connectivity index is 1.74. The van der Waals surface area contributed by atoms with Crippen molar-refractivity contribution in [1.82, 2.24) is 10.2 Å². The molecule has 0 aromatic carbocycles. The van der Waals surface area contributed by atoms with Gasteiger partial charge < -0.3 is 15.3 Å². The quantitative estimate of drug-likeness (QED) is 0.714. The second kappa shape index (κ2) is 4.17. The molecule has 80 valence electrons. The highest BCUT2D eigenvalue weighted by atomic mass is 16.4. The second-order valence-electron chi connectivity index (χ2n) is 4.49. The van der Waals surface area contributed by atoms with Crippen molar-refractivity contribution in [2.24, 2.45) is 5.92 Å². The van der Waals surface area contributed by atoms with Crippen molar-refractivity contribution in [3.05, 3.63) is 0 Å². The number of hydrogen-bond donors (Lipinski definition) is 2. The fraction of sp³-hybridized carbons (Fsp3) is 0.900. The molecule has 0 aromatic heterocycles. The molecule has 14 heavy (non-hydrogen) atoms. The van der Waals surface area contributed by atoms with Crippen LogP contribution >= 0.6 is 0 Å². The molecular formula is C10H18N2O2. The lowest BCUT2D eigenvalue weighted by atomic mass is 10.1. The van der Waals surface area contributed by atoms with Gasteiger partial charge >= 0.3 is 6.09 Å². The van der Waals surface area contributed by atoms with Crippen molar-refractivity contribution in [2.45, 2.75) is 31.7 Å². The van der Waals surface area contributed by atoms with Gasteiger partial charge in [0.05, 0.1) is 0 Å². The molecule has 0 bridgehead atoms. The van der Waals surface area contributed by atoms with Crippen LogP contribution in [0.15, 0.2) is 0 Å². The SMILES string of the molecule is O=C(O)NC1CCCN(CC2CC2)C1. The number of likely N-dealkylation sites (tertiary alicyclic amines) is 1. The number of nitrogens with one attached hydrogen (secondary N) is 1. The van der Waals surface area contributed by atoms with Crippen LogP contribution in [0.3, 0.4) is 0 Å². The van der Waals surface area contributed by atoms with Crippen LogP contribution in [0.4, 0.5) is 4.79 Å². The molecule has 4 nitrogen and oxygen atoms in total. The average Bonchev–Trinajstić information content (AvgIpc) is 2.87. The molecule has 0 radical (unpaired) electrons. The maximum Gasteiger partial charge on any atom is 0.404 e. The van der Waals surface area contributed by atoms with Crippen LogP contribution in [0.2, 0.25) is 0 Å². The van der Waals surface area contributed by atoms with Gasteiger partial charge in [0.25, 0.3) is 0 Å². The Morgan fingerprint density at radius 3 is 2.86 bits per heavy atom. The molecule has 1 unspecified atom stereocenters. The zero-order valence-corrected chi connectivity index (χ0v) is 8.41. The lowest BCUT2D eigenvalue weighted by Crippen LogP contribution is -2.47. The van der Waals surface area contributed by atoms with Crippen LogP contribution < -0.4 is 5.32 Å². The molecule has 2 rings (SSSR count). The summed E-state index contributed by atoms with van der Waals surface area (Å²) in [6, 6.07) is 0.153. The molecule has 1 saturated heterocycles. The minimum absolute atomic E-state index is 0.153. The molecule has 1 atom stereocenters. The number of carbonyl (C=O) groups is 1. The zero-order valence-electron chi connectivity index (χ0n) is 8.41. The maximum absolute atomic E-state index is 10.5. The van der Waals surface area contributed by atoms with Gasteiger partial charge in [0, 0.05) is 19.1 Å². The summed E-state index contributed by atoms with van der Waals surface area (Å²) in [5.41, 5.74) is 0. The van der Waals surface area contributed by atoms with E-state index in [2.05, 4.69) is 10.2 Å². The van der Waals surface area contributed by atoms with Gasteiger partial charge in [0.15, 0.2) is 0 Å². The van der Waals surface area contributed by atoms with Crippen LogP contribution in [0, 0.1) is 5.92 Å². The number of rotatable bonds is 3. The molecule has 1 aliphatic heterocycles. The Kier molecular flexibility index (Phi) is 2.91. The number of piperidine rings is 1. The van der Waals surface area contributed by atoms with Crippen LogP contribution in [-0.2, 0) is 0 Å². The summed E-state index contributed by atoms with van der Waals surface area (Å²) in [6.45, 7) is 3.23. The molecule has 2 N–H and O–H groups in total. The van der Waals surface area contributed by atoms with E-state index in [1.54, 1.807) is 0 Å². The molecule has 0 aromatic rings. The van der Waals surface area contributed by atoms with Crippen molar-refractivity contribution >= 4 is 6.09 Å². The third kappa shape index (κ3) is 2.87. The summed E-state index contributed by atoms with van der Waals surface area (Å²) in [5, 5.41) is 11.2. The topological polar surface area (TPSA) is 52.6 Å². The van der Waals surface area contributed by atoms with Crippen LogP contribution in [0.1, 0.15) is 25.7 Å². The number of carboxylic acid groups (broad SMARTS) is 1. The van der Waals surface area contributed by atoms with E-state index in [9.17, 15) is 4.79 Å². The second-order valence-corrected chi connectivity index (χ2v) is 4.49. The molecule has 2 fully saturated rings. The van der Waals surface area contributed by atoms with Gasteiger partial charge in [-0.3, -0.25) is 0 Å². The summed E-state index contributed by atoms with van der Waals surface area (Å²) in [5.74, 6) is 0.901. The van der Waals surface area contributed by atoms with E-state index in [0.29, 0.717) is 0 Å². The lowest BCUT2D eigenvalue weighted by molar-refractivity contribution is 0.160. The number of nitrogens with zero attached hydrogens (tertiary/aromatic N) is 1. The van der Waals surface area contributed by atoms with E-state index >= 15 is 0 Å². The molecular weight excluding hydrogens is 180 g/mol. The van der Waals surface area contributed by atoms with Crippen LogP contribution in [0.5, 0.6) is 0 Å². The summed E-state index contributed by atoms with van der Waals surface area (Å²) in [4.78, 5) is 12.9. The van der Waals surface area contributed by atoms with Gasteiger partial charge in [0.2, 0.25) is 0 Å². The third-order valence-electron chi connectivity index (χ3n) is 3.05. The van der Waals surface area contributed by atoms with Crippen molar-refractivity contribution in [3.63, 3.8) is 0 Å². The highest BCUT2D eigenvalue weighted by Gasteiger charge is 2.27. The Hall–Kier alpha value is -0.770. The highest BCUT2D eigenvalue weighted by Crippen LogP contribution is 2.30. The summed E-state index contributed by atoms with van der Waals surface area (Å²) in [6.07, 6.45) is 3.97. The molecule has 1 heterocycles. The molecule has 4 heteroatoms. The smallest absolute Gasteiger partial charge is 0.404 e. The van der Waals surface area contributed by atoms with E-state index in [0.717, 1.165) is 31.8 Å². The predicted molar refractivity (Wildman–Crippen MR) is 53.3 cm³/mol. The first kappa shape index (κ1) is 9.77. The first-order valence-electron chi connectivity index (χ1n) is 5.46. The summed E-state index contributed by atoms with van der Waals surface area (Å²) < 4.78 is 0. The van der Waals surface area contributed by atoms with Crippen molar-refractivity contribution in [3.8, 4) is 0 Å². The third-order valence-corrected chi connectivity index (χ3v) is 3.05. The minimum atomic E-state index is -0.886. The molecule has 0 spiro atoms. The average molecular weight is 198 g/mol. The summed E-state index contributed by atoms with van der Waals surface area (Å²) >= 11 is 0. The van der Waals surface area contributed by atoms with E-state index in [-0.39, 0.29) is 6.04 Å². The van der Waals surface area contributed by atoms with Gasteiger partial charge in [0.1, 0.15) is 0 Å². The molecule has 1 aliphatic carbocycles. The Morgan fingerprint density at radius 1 is 1.43 bits per heavy atom. The minimum Gasteiger partial charge on any atom is -0.465 e. The largest absolute Gasteiger partial charge is 0.465 e. The normalized spacial score (nSPS) is 28.7. The van der Waals surface area contributed by atoms with E-state index in [1.165, 1.54) is 19.4 Å². The van der Waals surface area contributed by atoms with Crippen molar-refractivity contribution in [2.75, 3.05) is 19.6 Å². The van der Waals surface area contributed by atoms with E-state index < -0.39 is 6.09 Å². The van der Waals surface area contributed by atoms with Crippen molar-refractivity contribution in [1.29, 1.82) is 0 Å². The lowest BCUT2D eigenvalue weighted by Gasteiger charge is -2.32. The summed E-state index contributed by atoms with van der Waals surface area (Å²) in [7, 11) is 0. The van der Waals surface area contributed by atoms with Gasteiger partial charge in [-0.2, -0.15) is 0 Å². The van der Waals surface area contributed by atoms with E-state index in [1.807, 2.05) is 0 Å². The first-order chi connectivity index (χ1) is 6.74. The van der Waals surface area contributed by atoms with Gasteiger partial charge in [-0.25, -0.2) is 4.79 Å². The van der Waals surface area contributed by atoms with Crippen LogP contribution in [-0.4, -0.2) is 41.8 Å². The zero-order chi connectivity index (χ0) is 9.97. The van der Waals surface area contributed by atoms with Gasteiger partial charge in [-0.1, -0.05) is 0 Å².